The number of carbonyl (C=O) groups is 1. The fourth-order valence-corrected chi connectivity index (χ4v) is 2.16. The van der Waals surface area contributed by atoms with E-state index in [0.717, 1.165) is 0 Å². The topological polar surface area (TPSA) is 89.2 Å². The molecule has 0 radical (unpaired) electrons. The molecule has 0 amide bonds. The van der Waals surface area contributed by atoms with Gasteiger partial charge in [0, 0.05) is 5.56 Å². The number of nitrogens with zero attached hydrogens (tertiary/aromatic N) is 1. The normalized spacial score (nSPS) is 9.90. The fraction of sp³-hybridized carbons (Fsp3) is 0.133. The van der Waals surface area contributed by atoms with E-state index in [1.807, 2.05) is 12.1 Å². The van der Waals surface area contributed by atoms with E-state index < -0.39 is 5.97 Å². The first-order valence-electron chi connectivity index (χ1n) is 6.19. The molecule has 0 unspecified atom stereocenters. The van der Waals surface area contributed by atoms with Crippen LogP contribution in [0.25, 0.3) is 11.3 Å². The summed E-state index contributed by atoms with van der Waals surface area (Å²) in [4.78, 5) is 12.1. The van der Waals surface area contributed by atoms with Gasteiger partial charge in [0.05, 0.1) is 11.1 Å². The van der Waals surface area contributed by atoms with Crippen LogP contribution in [0.2, 0.25) is 0 Å². The van der Waals surface area contributed by atoms with Crippen molar-refractivity contribution in [2.75, 3.05) is 12.3 Å². The van der Waals surface area contributed by atoms with Crippen molar-refractivity contribution in [1.29, 1.82) is 5.26 Å². The lowest BCUT2D eigenvalue weighted by atomic mass is 10.1. The minimum atomic E-state index is -0.637. The Bertz CT molecular complexity index is 776. The van der Waals surface area contributed by atoms with Crippen molar-refractivity contribution >= 4 is 24.1 Å². The summed E-state index contributed by atoms with van der Waals surface area (Å²) in [6.45, 7) is 1.87. The minimum absolute atomic E-state index is 0.0345. The lowest BCUT2D eigenvalue weighted by Gasteiger charge is -2.10. The molecule has 5 nitrogen and oxygen atoms in total. The van der Waals surface area contributed by atoms with Crippen molar-refractivity contribution in [2.24, 2.45) is 0 Å². The van der Waals surface area contributed by atoms with Gasteiger partial charge in [-0.05, 0) is 6.92 Å². The molecule has 1 aromatic heterocycles. The van der Waals surface area contributed by atoms with Crippen LogP contribution in [0.4, 0.5) is 5.88 Å². The SMILES string of the molecule is CCOC(=O)c1c(-c2ccccc2)oc(N)c(C#N)c1=S. The van der Waals surface area contributed by atoms with Gasteiger partial charge in [-0.15, -0.1) is 0 Å². The van der Waals surface area contributed by atoms with Crippen molar-refractivity contribution in [3.8, 4) is 17.4 Å². The minimum Gasteiger partial charge on any atom is -0.462 e. The molecular weight excluding hydrogens is 288 g/mol. The van der Waals surface area contributed by atoms with Gasteiger partial charge in [-0.2, -0.15) is 5.26 Å². The molecule has 0 aliphatic rings. The Morgan fingerprint density at radius 2 is 2.10 bits per heavy atom. The Kier molecular flexibility index (Phi) is 4.36. The molecule has 0 saturated carbocycles. The molecule has 2 rings (SSSR count). The first-order chi connectivity index (χ1) is 10.1. The number of nitriles is 1. The quantitative estimate of drug-likeness (QED) is 0.691. The Morgan fingerprint density at radius 3 is 2.67 bits per heavy atom. The third kappa shape index (κ3) is 2.78. The van der Waals surface area contributed by atoms with E-state index in [9.17, 15) is 4.79 Å². The van der Waals surface area contributed by atoms with Gasteiger partial charge in [0.1, 0.15) is 17.2 Å². The zero-order valence-corrected chi connectivity index (χ0v) is 12.1. The second kappa shape index (κ2) is 6.20. The summed E-state index contributed by atoms with van der Waals surface area (Å²) in [7, 11) is 0. The average molecular weight is 300 g/mol. The molecule has 1 heterocycles. The van der Waals surface area contributed by atoms with Crippen LogP contribution in [0.3, 0.4) is 0 Å². The maximum Gasteiger partial charge on any atom is 0.343 e. The second-order valence-electron chi connectivity index (χ2n) is 4.07. The number of carbonyl (C=O) groups excluding carboxylic acids is 1. The summed E-state index contributed by atoms with van der Waals surface area (Å²) in [6, 6.07) is 10.8. The number of esters is 1. The second-order valence-corrected chi connectivity index (χ2v) is 4.48. The van der Waals surface area contributed by atoms with Crippen LogP contribution in [0, 0.1) is 15.8 Å². The molecule has 0 fully saturated rings. The zero-order chi connectivity index (χ0) is 15.4. The number of hydrogen-bond acceptors (Lipinski definition) is 6. The van der Waals surface area contributed by atoms with Gasteiger partial charge in [-0.25, -0.2) is 4.79 Å². The van der Waals surface area contributed by atoms with E-state index in [0.29, 0.717) is 5.56 Å². The average Bonchev–Trinajstić information content (AvgIpc) is 2.48. The predicted octanol–water partition coefficient (Wildman–Crippen LogP) is 3.31. The van der Waals surface area contributed by atoms with Crippen molar-refractivity contribution < 1.29 is 13.9 Å². The lowest BCUT2D eigenvalue weighted by Crippen LogP contribution is -2.09. The number of benzene rings is 1. The largest absolute Gasteiger partial charge is 0.462 e. The maximum atomic E-state index is 12.1. The van der Waals surface area contributed by atoms with Crippen molar-refractivity contribution in [3.63, 3.8) is 0 Å². The van der Waals surface area contributed by atoms with E-state index in [2.05, 4.69) is 0 Å². The summed E-state index contributed by atoms with van der Waals surface area (Å²) in [5.41, 5.74) is 6.34. The lowest BCUT2D eigenvalue weighted by molar-refractivity contribution is 0.0524. The first-order valence-corrected chi connectivity index (χ1v) is 6.60. The molecule has 0 atom stereocenters. The number of ether oxygens (including phenoxy) is 1. The van der Waals surface area contributed by atoms with E-state index >= 15 is 0 Å². The van der Waals surface area contributed by atoms with Crippen LogP contribution < -0.4 is 5.73 Å². The van der Waals surface area contributed by atoms with Gasteiger partial charge in [-0.1, -0.05) is 42.5 Å². The Labute approximate surface area is 126 Å². The molecule has 0 saturated heterocycles. The van der Waals surface area contributed by atoms with E-state index in [1.54, 1.807) is 31.2 Å². The van der Waals surface area contributed by atoms with Crippen LogP contribution in [0.15, 0.2) is 34.7 Å². The summed E-state index contributed by atoms with van der Waals surface area (Å²) in [5, 5.41) is 9.09. The predicted molar refractivity (Wildman–Crippen MR) is 80.1 cm³/mol. The number of nitrogen functional groups attached to an aromatic ring is 1. The highest BCUT2D eigenvalue weighted by Gasteiger charge is 2.23. The van der Waals surface area contributed by atoms with Gasteiger partial charge < -0.3 is 14.9 Å². The van der Waals surface area contributed by atoms with E-state index in [-0.39, 0.29) is 33.9 Å². The zero-order valence-electron chi connectivity index (χ0n) is 11.3. The standard InChI is InChI=1S/C15H12N2O3S/c1-2-19-15(18)11-12(9-6-4-3-5-7-9)20-14(17)10(8-16)13(11)21/h3-7H,2,17H2,1H3. The van der Waals surface area contributed by atoms with Gasteiger partial charge in [-0.3, -0.25) is 0 Å². The summed E-state index contributed by atoms with van der Waals surface area (Å²) >= 11 is 5.19. The molecule has 2 N–H and O–H groups in total. The van der Waals surface area contributed by atoms with Crippen molar-refractivity contribution in [3.05, 3.63) is 46.0 Å². The van der Waals surface area contributed by atoms with Crippen molar-refractivity contribution in [1.82, 2.24) is 0 Å². The third-order valence-corrected chi connectivity index (χ3v) is 3.18. The van der Waals surface area contributed by atoms with Crippen LogP contribution >= 0.6 is 12.2 Å². The van der Waals surface area contributed by atoms with Gasteiger partial charge in [0.15, 0.2) is 5.76 Å². The van der Waals surface area contributed by atoms with E-state index in [4.69, 9.17) is 32.4 Å². The number of hydrogen-bond donors (Lipinski definition) is 1. The molecule has 21 heavy (non-hydrogen) atoms. The molecule has 1 aromatic carbocycles. The summed E-state index contributed by atoms with van der Waals surface area (Å²) in [5.74, 6) is -0.549. The van der Waals surface area contributed by atoms with Crippen LogP contribution in [-0.4, -0.2) is 12.6 Å². The number of rotatable bonds is 3. The Balaban J connectivity index is 2.79. The molecule has 0 bridgehead atoms. The van der Waals surface area contributed by atoms with Crippen LogP contribution in [0.1, 0.15) is 22.8 Å². The smallest absolute Gasteiger partial charge is 0.343 e. The highest BCUT2D eigenvalue weighted by Crippen LogP contribution is 2.30. The molecule has 2 aromatic rings. The number of anilines is 1. The summed E-state index contributed by atoms with van der Waals surface area (Å²) in [6.07, 6.45) is 0. The molecule has 0 aliphatic heterocycles. The van der Waals surface area contributed by atoms with Crippen LogP contribution in [-0.2, 0) is 4.74 Å². The molecule has 0 spiro atoms. The van der Waals surface area contributed by atoms with Gasteiger partial charge >= 0.3 is 5.97 Å². The molecule has 0 aliphatic carbocycles. The Hall–Kier alpha value is -2.65. The fourth-order valence-electron chi connectivity index (χ4n) is 1.84. The van der Waals surface area contributed by atoms with Gasteiger partial charge in [0.25, 0.3) is 0 Å². The monoisotopic (exact) mass is 300 g/mol. The molecular formula is C15H12N2O3S. The van der Waals surface area contributed by atoms with Gasteiger partial charge in [0.2, 0.25) is 5.88 Å². The maximum absolute atomic E-state index is 12.1. The summed E-state index contributed by atoms with van der Waals surface area (Å²) < 4.78 is 10.5. The van der Waals surface area contributed by atoms with E-state index in [1.165, 1.54) is 0 Å². The number of nitrogens with two attached hydrogens (primary N) is 1. The highest BCUT2D eigenvalue weighted by molar-refractivity contribution is 7.71. The molecule has 106 valence electrons. The Morgan fingerprint density at radius 1 is 1.43 bits per heavy atom. The highest BCUT2D eigenvalue weighted by atomic mass is 32.1. The first kappa shape index (κ1) is 14.8. The third-order valence-electron chi connectivity index (χ3n) is 2.77. The van der Waals surface area contributed by atoms with Crippen molar-refractivity contribution in [2.45, 2.75) is 6.92 Å². The van der Waals surface area contributed by atoms with Crippen LogP contribution in [0.5, 0.6) is 0 Å². The molecule has 6 heteroatoms.